The van der Waals surface area contributed by atoms with Crippen molar-refractivity contribution in [1.29, 1.82) is 0 Å². The quantitative estimate of drug-likeness (QED) is 0.689. The fraction of sp³-hybridized carbons (Fsp3) is 0.211. The lowest BCUT2D eigenvalue weighted by molar-refractivity contribution is 0.0397. The highest BCUT2D eigenvalue weighted by molar-refractivity contribution is 5.88. The summed E-state index contributed by atoms with van der Waals surface area (Å²) in [4.78, 5) is 4.09. The Balaban J connectivity index is 1.70. The molecule has 1 aliphatic rings. The van der Waals surface area contributed by atoms with Crippen LogP contribution in [0.1, 0.15) is 5.56 Å². The summed E-state index contributed by atoms with van der Waals surface area (Å²) < 4.78 is 7.25. The molecule has 1 aromatic carbocycles. The molecular weight excluding hydrogens is 314 g/mol. The van der Waals surface area contributed by atoms with Gasteiger partial charge in [-0.15, -0.1) is 0 Å². The largest absolute Gasteiger partial charge is 0.378 e. The van der Waals surface area contributed by atoms with Crippen molar-refractivity contribution in [3.63, 3.8) is 0 Å². The third kappa shape index (κ3) is 3.59. The highest BCUT2D eigenvalue weighted by atomic mass is 16.5. The van der Waals surface area contributed by atoms with Gasteiger partial charge in [0.15, 0.2) is 0 Å². The van der Waals surface area contributed by atoms with Crippen LogP contribution in [0.15, 0.2) is 66.2 Å². The van der Waals surface area contributed by atoms with Crippen LogP contribution in [-0.2, 0) is 4.74 Å². The maximum atomic E-state index is 5.37. The fourth-order valence-electron chi connectivity index (χ4n) is 2.74. The summed E-state index contributed by atoms with van der Waals surface area (Å²) in [6.07, 6.45) is 7.45. The maximum absolute atomic E-state index is 5.37. The Morgan fingerprint density at radius 1 is 1.00 bits per heavy atom. The summed E-state index contributed by atoms with van der Waals surface area (Å²) in [5, 5.41) is 11.4. The number of benzene rings is 1. The number of pyridine rings is 1. The van der Waals surface area contributed by atoms with Crippen LogP contribution in [0.3, 0.4) is 0 Å². The number of rotatable bonds is 4. The number of hydrogen-bond donors (Lipinski definition) is 0. The Labute approximate surface area is 146 Å². The van der Waals surface area contributed by atoms with Crippen molar-refractivity contribution in [2.45, 2.75) is 0 Å². The van der Waals surface area contributed by atoms with E-state index in [1.807, 2.05) is 64.6 Å². The van der Waals surface area contributed by atoms with Gasteiger partial charge >= 0.3 is 0 Å². The van der Waals surface area contributed by atoms with E-state index in [2.05, 4.69) is 10.1 Å². The minimum absolute atomic E-state index is 0.720. The predicted octanol–water partition coefficient (Wildman–Crippen LogP) is 2.60. The second kappa shape index (κ2) is 7.27. The van der Waals surface area contributed by atoms with Gasteiger partial charge in [-0.25, -0.2) is 4.68 Å². The van der Waals surface area contributed by atoms with E-state index >= 15 is 0 Å². The van der Waals surface area contributed by atoms with Gasteiger partial charge in [-0.05, 0) is 24.3 Å². The normalized spacial score (nSPS) is 15.0. The van der Waals surface area contributed by atoms with E-state index in [0.717, 1.165) is 48.8 Å². The van der Waals surface area contributed by atoms with Gasteiger partial charge in [-0.3, -0.25) is 9.99 Å². The van der Waals surface area contributed by atoms with E-state index in [4.69, 9.17) is 9.84 Å². The molecule has 25 heavy (non-hydrogen) atoms. The second-order valence-electron chi connectivity index (χ2n) is 5.76. The molecule has 0 spiro atoms. The van der Waals surface area contributed by atoms with Gasteiger partial charge < -0.3 is 4.74 Å². The van der Waals surface area contributed by atoms with Gasteiger partial charge in [0.05, 0.1) is 38.2 Å². The molecule has 0 radical (unpaired) electrons. The van der Waals surface area contributed by atoms with Crippen molar-refractivity contribution in [3.05, 3.63) is 66.6 Å². The minimum Gasteiger partial charge on any atom is -0.378 e. The minimum atomic E-state index is 0.720. The molecule has 0 N–H and O–H groups in total. The number of nitrogens with zero attached hydrogens (tertiary/aromatic N) is 5. The summed E-state index contributed by atoms with van der Waals surface area (Å²) in [5.74, 6) is 0. The molecule has 1 fully saturated rings. The first-order chi connectivity index (χ1) is 12.4. The molecule has 2 aromatic heterocycles. The Kier molecular flexibility index (Phi) is 4.52. The molecule has 6 heteroatoms. The Morgan fingerprint density at radius 3 is 2.52 bits per heavy atom. The van der Waals surface area contributed by atoms with Gasteiger partial charge in [-0.2, -0.15) is 10.2 Å². The van der Waals surface area contributed by atoms with Gasteiger partial charge in [0.25, 0.3) is 0 Å². The smallest absolute Gasteiger partial charge is 0.102 e. The number of ether oxygens (including phenoxy) is 1. The van der Waals surface area contributed by atoms with Crippen LogP contribution in [0.5, 0.6) is 0 Å². The molecule has 1 aliphatic heterocycles. The lowest BCUT2D eigenvalue weighted by Gasteiger charge is -2.23. The van der Waals surface area contributed by atoms with Gasteiger partial charge in [0.2, 0.25) is 0 Å². The summed E-state index contributed by atoms with van der Waals surface area (Å²) in [5.41, 5.74) is 3.90. The van der Waals surface area contributed by atoms with Crippen LogP contribution < -0.4 is 0 Å². The molecule has 0 unspecified atom stereocenters. The second-order valence-corrected chi connectivity index (χ2v) is 5.76. The van der Waals surface area contributed by atoms with Crippen molar-refractivity contribution in [2.24, 2.45) is 5.10 Å². The number of para-hydroxylation sites is 1. The molecular formula is C19H19N5O. The zero-order valence-corrected chi connectivity index (χ0v) is 13.8. The highest BCUT2D eigenvalue weighted by Crippen LogP contribution is 2.22. The SMILES string of the molecule is C(=N/N1CCOCC1)/c1cn(-c2ccccc2)nc1-c1ccncc1. The zero-order chi connectivity index (χ0) is 16.9. The van der Waals surface area contributed by atoms with Crippen LogP contribution in [0.4, 0.5) is 0 Å². The third-order valence-corrected chi connectivity index (χ3v) is 4.06. The van der Waals surface area contributed by atoms with E-state index in [1.165, 1.54) is 0 Å². The molecule has 126 valence electrons. The molecule has 0 bridgehead atoms. The number of aromatic nitrogens is 3. The summed E-state index contributed by atoms with van der Waals surface area (Å²) in [6, 6.07) is 14.0. The van der Waals surface area contributed by atoms with Gasteiger partial charge in [-0.1, -0.05) is 18.2 Å². The van der Waals surface area contributed by atoms with Crippen LogP contribution in [-0.4, -0.2) is 52.3 Å². The number of hydrogen-bond acceptors (Lipinski definition) is 5. The third-order valence-electron chi connectivity index (χ3n) is 4.06. The molecule has 0 amide bonds. The van der Waals surface area contributed by atoms with E-state index < -0.39 is 0 Å². The van der Waals surface area contributed by atoms with Crippen molar-refractivity contribution in [1.82, 2.24) is 19.8 Å². The van der Waals surface area contributed by atoms with Crippen molar-refractivity contribution in [3.8, 4) is 16.9 Å². The van der Waals surface area contributed by atoms with Crippen LogP contribution in [0, 0.1) is 0 Å². The highest BCUT2D eigenvalue weighted by Gasteiger charge is 2.12. The van der Waals surface area contributed by atoms with Crippen molar-refractivity contribution >= 4 is 6.21 Å². The first kappa shape index (κ1) is 15.5. The fourth-order valence-corrected chi connectivity index (χ4v) is 2.74. The molecule has 1 saturated heterocycles. The Bertz CT molecular complexity index is 839. The average Bonchev–Trinajstić information content (AvgIpc) is 3.13. The molecule has 6 nitrogen and oxygen atoms in total. The van der Waals surface area contributed by atoms with Gasteiger partial charge in [0, 0.05) is 29.7 Å². The molecule has 4 rings (SSSR count). The molecule has 0 saturated carbocycles. The summed E-state index contributed by atoms with van der Waals surface area (Å²) in [7, 11) is 0. The number of morpholine rings is 1. The van der Waals surface area contributed by atoms with Crippen molar-refractivity contribution in [2.75, 3.05) is 26.3 Å². The molecule has 3 heterocycles. The van der Waals surface area contributed by atoms with Crippen molar-refractivity contribution < 1.29 is 4.74 Å². The lowest BCUT2D eigenvalue weighted by atomic mass is 10.1. The number of hydrazone groups is 1. The summed E-state index contributed by atoms with van der Waals surface area (Å²) >= 11 is 0. The predicted molar refractivity (Wildman–Crippen MR) is 96.8 cm³/mol. The van der Waals surface area contributed by atoms with E-state index in [1.54, 1.807) is 12.4 Å². The summed E-state index contributed by atoms with van der Waals surface area (Å²) in [6.45, 7) is 3.07. The lowest BCUT2D eigenvalue weighted by Crippen LogP contribution is -2.32. The van der Waals surface area contributed by atoms with Crippen LogP contribution in [0.2, 0.25) is 0 Å². The molecule has 0 aliphatic carbocycles. The maximum Gasteiger partial charge on any atom is 0.102 e. The molecule has 3 aromatic rings. The first-order valence-electron chi connectivity index (χ1n) is 8.32. The zero-order valence-electron chi connectivity index (χ0n) is 13.8. The standard InChI is InChI=1S/C19H19N5O/c1-2-4-18(5-3-1)24-15-17(14-21-23-10-12-25-13-11-23)19(22-24)16-6-8-20-9-7-16/h1-9,14-15H,10-13H2/b21-14-. The Hall–Kier alpha value is -2.99. The topological polar surface area (TPSA) is 55.5 Å². The van der Waals surface area contributed by atoms with E-state index in [-0.39, 0.29) is 0 Å². The van der Waals surface area contributed by atoms with E-state index in [0.29, 0.717) is 0 Å². The van der Waals surface area contributed by atoms with E-state index in [9.17, 15) is 0 Å². The average molecular weight is 333 g/mol. The Morgan fingerprint density at radius 2 is 1.76 bits per heavy atom. The first-order valence-corrected chi connectivity index (χ1v) is 8.32. The van der Waals surface area contributed by atoms with Crippen LogP contribution >= 0.6 is 0 Å². The van der Waals surface area contributed by atoms with Crippen LogP contribution in [0.25, 0.3) is 16.9 Å². The monoisotopic (exact) mass is 333 g/mol. The van der Waals surface area contributed by atoms with Gasteiger partial charge in [0.1, 0.15) is 5.69 Å². The molecule has 0 atom stereocenters.